The van der Waals surface area contributed by atoms with Gasteiger partial charge in [-0.15, -0.1) is 24.5 Å². The molecule has 0 saturated carbocycles. The number of hydrogen-bond donors (Lipinski definition) is 1. The van der Waals surface area contributed by atoms with E-state index in [1.54, 1.807) is 25.1 Å². The highest BCUT2D eigenvalue weighted by molar-refractivity contribution is 7.13. The summed E-state index contributed by atoms with van der Waals surface area (Å²) in [6.45, 7) is 7.67. The first-order chi connectivity index (χ1) is 12.7. The number of aryl methyl sites for hydroxylation is 1. The zero-order chi connectivity index (χ0) is 20.0. The van der Waals surface area contributed by atoms with Gasteiger partial charge in [-0.25, -0.2) is 0 Å². The molecule has 2 aromatic rings. The van der Waals surface area contributed by atoms with Gasteiger partial charge in [0.05, 0.1) is 0 Å². The van der Waals surface area contributed by atoms with Gasteiger partial charge in [0.1, 0.15) is 11.5 Å². The van der Waals surface area contributed by atoms with Crippen molar-refractivity contribution in [3.63, 3.8) is 0 Å². The Morgan fingerprint density at radius 3 is 2.63 bits per heavy atom. The van der Waals surface area contributed by atoms with Gasteiger partial charge in [-0.1, -0.05) is 32.4 Å². The zero-order valence-electron chi connectivity index (χ0n) is 15.4. The Labute approximate surface area is 160 Å². The minimum atomic E-state index is -4.76. The van der Waals surface area contributed by atoms with Crippen molar-refractivity contribution in [2.75, 3.05) is 0 Å². The molecule has 0 amide bonds. The van der Waals surface area contributed by atoms with Crippen LogP contribution in [-0.4, -0.2) is 11.5 Å². The summed E-state index contributed by atoms with van der Waals surface area (Å²) in [6.07, 6.45) is 2.01. The van der Waals surface area contributed by atoms with Gasteiger partial charge >= 0.3 is 6.36 Å². The van der Waals surface area contributed by atoms with Crippen LogP contribution in [0.25, 0.3) is 23.1 Å². The van der Waals surface area contributed by atoms with E-state index in [0.717, 1.165) is 24.8 Å². The molecule has 0 aliphatic carbocycles. The summed E-state index contributed by atoms with van der Waals surface area (Å²) in [5.41, 5.74) is 1.18. The lowest BCUT2D eigenvalue weighted by Crippen LogP contribution is -2.17. The Bertz CT molecular complexity index is 910. The summed E-state index contributed by atoms with van der Waals surface area (Å²) in [6, 6.07) is 6.67. The number of alkyl halides is 3. The Morgan fingerprint density at radius 1 is 1.26 bits per heavy atom. The summed E-state index contributed by atoms with van der Waals surface area (Å²) >= 11 is 1.26. The molecule has 0 aliphatic rings. The third-order valence-corrected chi connectivity index (χ3v) is 5.18. The molecule has 6 heteroatoms. The maximum atomic E-state index is 12.9. The van der Waals surface area contributed by atoms with Crippen LogP contribution < -0.4 is 14.5 Å². The van der Waals surface area contributed by atoms with Crippen LogP contribution in [0.1, 0.15) is 38.7 Å². The molecule has 2 nitrogen and oxygen atoms in total. The number of ether oxygens (including phenoxy) is 1. The van der Waals surface area contributed by atoms with Crippen molar-refractivity contribution in [2.24, 2.45) is 0 Å². The van der Waals surface area contributed by atoms with Crippen LogP contribution in [0.15, 0.2) is 36.1 Å². The average molecular weight is 396 g/mol. The largest absolute Gasteiger partial charge is 0.573 e. The minimum Gasteiger partial charge on any atom is -0.508 e. The van der Waals surface area contributed by atoms with Gasteiger partial charge in [-0.05, 0) is 60.9 Å². The fourth-order valence-electron chi connectivity index (χ4n) is 2.63. The Hall–Kier alpha value is -2.21. The standard InChI is InChI=1S/C21H23F3O2S/c1-4-6-7-8-15-9-10-17(18(12-15)26-21(22,23)24)20-11-14(3)19(27-20)13-16(25)5-2/h5,9-13,25H,3-4,6-8H2,1-2H3/b16-5+,19-13+. The summed E-state index contributed by atoms with van der Waals surface area (Å²) in [4.78, 5) is 0.606. The number of hydrogen-bond acceptors (Lipinski definition) is 3. The van der Waals surface area contributed by atoms with Crippen molar-refractivity contribution in [2.45, 2.75) is 45.9 Å². The van der Waals surface area contributed by atoms with Crippen LogP contribution in [0.5, 0.6) is 5.75 Å². The number of aliphatic hydroxyl groups is 1. The molecule has 27 heavy (non-hydrogen) atoms. The number of unbranched alkanes of at least 4 members (excludes halogenated alkanes) is 2. The highest BCUT2D eigenvalue weighted by Gasteiger charge is 2.32. The molecule has 0 fully saturated rings. The van der Waals surface area contributed by atoms with Crippen LogP contribution >= 0.6 is 11.3 Å². The maximum Gasteiger partial charge on any atom is 0.573 e. The second-order valence-corrected chi connectivity index (χ2v) is 7.28. The van der Waals surface area contributed by atoms with Gasteiger partial charge in [-0.3, -0.25) is 0 Å². The molecule has 0 radical (unpaired) electrons. The maximum absolute atomic E-state index is 12.9. The van der Waals surface area contributed by atoms with Crippen molar-refractivity contribution in [3.8, 4) is 16.2 Å². The van der Waals surface area contributed by atoms with E-state index in [0.29, 0.717) is 26.6 Å². The first-order valence-corrected chi connectivity index (χ1v) is 9.60. The lowest BCUT2D eigenvalue weighted by Gasteiger charge is -2.14. The summed E-state index contributed by atoms with van der Waals surface area (Å²) in [5.74, 6) is -0.133. The molecule has 146 valence electrons. The summed E-state index contributed by atoms with van der Waals surface area (Å²) < 4.78 is 43.7. The molecule has 0 spiro atoms. The molecule has 1 N–H and O–H groups in total. The van der Waals surface area contributed by atoms with Crippen LogP contribution in [0.3, 0.4) is 0 Å². The monoisotopic (exact) mass is 396 g/mol. The summed E-state index contributed by atoms with van der Waals surface area (Å²) in [7, 11) is 0. The predicted molar refractivity (Wildman–Crippen MR) is 105 cm³/mol. The highest BCUT2D eigenvalue weighted by atomic mass is 32.1. The number of allylic oxidation sites excluding steroid dienone is 2. The number of benzene rings is 1. The Kier molecular flexibility index (Phi) is 7.13. The van der Waals surface area contributed by atoms with E-state index >= 15 is 0 Å². The van der Waals surface area contributed by atoms with E-state index in [1.165, 1.54) is 23.5 Å². The molecule has 1 heterocycles. The van der Waals surface area contributed by atoms with Crippen LogP contribution in [-0.2, 0) is 6.42 Å². The van der Waals surface area contributed by atoms with E-state index in [9.17, 15) is 18.3 Å². The number of aliphatic hydroxyl groups excluding tert-OH is 1. The number of rotatable bonds is 7. The normalized spacial score (nSPS) is 13.2. The summed E-state index contributed by atoms with van der Waals surface area (Å²) in [5, 5.41) is 10.3. The van der Waals surface area contributed by atoms with Gasteiger partial charge in [-0.2, -0.15) is 0 Å². The third-order valence-electron chi connectivity index (χ3n) is 4.02. The Balaban J connectivity index is 2.47. The minimum absolute atomic E-state index is 0.0753. The van der Waals surface area contributed by atoms with E-state index in [1.807, 2.05) is 6.07 Å². The lowest BCUT2D eigenvalue weighted by molar-refractivity contribution is -0.274. The molecular formula is C21H23F3O2S. The van der Waals surface area contributed by atoms with Crippen molar-refractivity contribution < 1.29 is 23.0 Å². The molecule has 1 aromatic heterocycles. The molecule has 0 saturated heterocycles. The van der Waals surface area contributed by atoms with E-state index in [-0.39, 0.29) is 11.5 Å². The molecule has 0 aliphatic heterocycles. The van der Waals surface area contributed by atoms with Gasteiger partial charge < -0.3 is 9.84 Å². The fraction of sp³-hybridized carbons (Fsp3) is 0.333. The SMILES string of the molecule is C=c1cc(-c2ccc(CCCCC)cc2OC(F)(F)F)s/c1=C/C(O)=C\C. The predicted octanol–water partition coefficient (Wildman–Crippen LogP) is 5.70. The molecule has 0 unspecified atom stereocenters. The van der Waals surface area contributed by atoms with Crippen LogP contribution in [0, 0.1) is 0 Å². The molecule has 1 aromatic carbocycles. The first kappa shape index (κ1) is 21.1. The molecule has 0 atom stereocenters. The quantitative estimate of drug-likeness (QED) is 0.481. The number of thiophene rings is 1. The topological polar surface area (TPSA) is 29.5 Å². The first-order valence-electron chi connectivity index (χ1n) is 8.78. The van der Waals surface area contributed by atoms with Crippen LogP contribution in [0.2, 0.25) is 0 Å². The highest BCUT2D eigenvalue weighted by Crippen LogP contribution is 2.36. The van der Waals surface area contributed by atoms with Crippen molar-refractivity contribution in [3.05, 3.63) is 51.4 Å². The van der Waals surface area contributed by atoms with Crippen molar-refractivity contribution in [1.29, 1.82) is 0 Å². The van der Waals surface area contributed by atoms with E-state index < -0.39 is 6.36 Å². The van der Waals surface area contributed by atoms with Crippen LogP contribution in [0.4, 0.5) is 13.2 Å². The molecule has 0 bridgehead atoms. The lowest BCUT2D eigenvalue weighted by atomic mass is 10.0. The third kappa shape index (κ3) is 6.17. The Morgan fingerprint density at radius 2 is 2.00 bits per heavy atom. The second-order valence-electron chi connectivity index (χ2n) is 6.19. The number of halogens is 3. The van der Waals surface area contributed by atoms with E-state index in [2.05, 4.69) is 18.2 Å². The van der Waals surface area contributed by atoms with Gasteiger partial charge in [0, 0.05) is 15.0 Å². The smallest absolute Gasteiger partial charge is 0.508 e. The van der Waals surface area contributed by atoms with Gasteiger partial charge in [0.2, 0.25) is 0 Å². The van der Waals surface area contributed by atoms with Gasteiger partial charge in [0.25, 0.3) is 0 Å². The zero-order valence-corrected chi connectivity index (χ0v) is 16.2. The average Bonchev–Trinajstić information content (AvgIpc) is 2.94. The van der Waals surface area contributed by atoms with Gasteiger partial charge in [0.15, 0.2) is 0 Å². The second kappa shape index (κ2) is 9.13. The molecule has 2 rings (SSSR count). The molecular weight excluding hydrogens is 373 g/mol. The van der Waals surface area contributed by atoms with Crippen molar-refractivity contribution in [1.82, 2.24) is 0 Å². The van der Waals surface area contributed by atoms with Crippen molar-refractivity contribution >= 4 is 24.0 Å². The fourth-order valence-corrected chi connectivity index (χ4v) is 3.72. The van der Waals surface area contributed by atoms with E-state index in [4.69, 9.17) is 0 Å².